The summed E-state index contributed by atoms with van der Waals surface area (Å²) in [4.78, 5) is 0. The van der Waals surface area contributed by atoms with E-state index < -0.39 is 0 Å². The highest BCUT2D eigenvalue weighted by molar-refractivity contribution is 5.36. The first-order valence-corrected chi connectivity index (χ1v) is 19.9. The fourth-order valence-electron chi connectivity index (χ4n) is 6.87. The van der Waals surface area contributed by atoms with Crippen LogP contribution < -0.4 is 0 Å². The number of hydrogen-bond acceptors (Lipinski definition) is 0. The fraction of sp³-hybridized carbons (Fsp3) is 0.857. The van der Waals surface area contributed by atoms with Crippen molar-refractivity contribution in [2.24, 2.45) is 0 Å². The van der Waals surface area contributed by atoms with Gasteiger partial charge in [-0.15, -0.1) is 0 Å². The zero-order valence-corrected chi connectivity index (χ0v) is 29.6. The van der Waals surface area contributed by atoms with E-state index in [1.54, 1.807) is 16.7 Å². The van der Waals surface area contributed by atoms with Crippen LogP contribution in [0.15, 0.2) is 18.2 Å². The maximum atomic E-state index is 2.49. The smallest absolute Gasteiger partial charge is 0.0273 e. The van der Waals surface area contributed by atoms with E-state index in [0.29, 0.717) is 0 Å². The summed E-state index contributed by atoms with van der Waals surface area (Å²) in [7, 11) is 0. The summed E-state index contributed by atoms with van der Waals surface area (Å²) in [5.41, 5.74) is 5.18. The van der Waals surface area contributed by atoms with Crippen LogP contribution in [0.3, 0.4) is 0 Å². The van der Waals surface area contributed by atoms with E-state index >= 15 is 0 Å². The molecule has 0 N–H and O–H groups in total. The Morgan fingerprint density at radius 3 is 0.810 bits per heavy atom. The summed E-state index contributed by atoms with van der Waals surface area (Å²) >= 11 is 0. The van der Waals surface area contributed by atoms with Gasteiger partial charge in [0.15, 0.2) is 0 Å². The summed E-state index contributed by atoms with van der Waals surface area (Å²) in [6, 6.07) is 7.36. The van der Waals surface area contributed by atoms with Crippen molar-refractivity contribution in [3.8, 4) is 0 Å². The molecule has 1 aromatic rings. The van der Waals surface area contributed by atoms with E-state index in [1.807, 2.05) is 0 Å². The summed E-state index contributed by atoms with van der Waals surface area (Å²) in [6.07, 6.45) is 47.0. The van der Waals surface area contributed by atoms with Crippen molar-refractivity contribution < 1.29 is 0 Å². The molecule has 0 amide bonds. The van der Waals surface area contributed by atoms with Gasteiger partial charge in [-0.05, 0) is 55.2 Å². The van der Waals surface area contributed by atoms with Crippen LogP contribution in [-0.4, -0.2) is 0 Å². The van der Waals surface area contributed by atoms with Crippen molar-refractivity contribution in [2.45, 2.75) is 233 Å². The van der Waals surface area contributed by atoms with Gasteiger partial charge in [0, 0.05) is 0 Å². The van der Waals surface area contributed by atoms with Crippen molar-refractivity contribution in [3.05, 3.63) is 34.9 Å². The Hall–Kier alpha value is -0.780. The molecule has 0 aromatic heterocycles. The maximum absolute atomic E-state index is 2.49. The first-order chi connectivity index (χ1) is 20.8. The molecular weight excluding hydrogens is 504 g/mol. The number of benzene rings is 1. The van der Waals surface area contributed by atoms with Gasteiger partial charge in [0.1, 0.15) is 0 Å². The summed E-state index contributed by atoms with van der Waals surface area (Å²) in [5.74, 6) is 0. The van der Waals surface area contributed by atoms with Crippen molar-refractivity contribution >= 4 is 0 Å². The Bertz CT molecular complexity index is 616. The lowest BCUT2D eigenvalue weighted by Crippen LogP contribution is -2.02. The average molecular weight is 583 g/mol. The van der Waals surface area contributed by atoms with Gasteiger partial charge >= 0.3 is 0 Å². The molecule has 1 rings (SSSR count). The number of hydrogen-bond donors (Lipinski definition) is 0. The maximum Gasteiger partial charge on any atom is -0.0273 e. The molecule has 0 heteroatoms. The van der Waals surface area contributed by atoms with Gasteiger partial charge in [0.25, 0.3) is 0 Å². The topological polar surface area (TPSA) is 0 Å². The minimum atomic E-state index is 1.31. The minimum absolute atomic E-state index is 1.31. The van der Waals surface area contributed by atoms with Crippen LogP contribution in [-0.2, 0) is 19.3 Å². The monoisotopic (exact) mass is 583 g/mol. The average Bonchev–Trinajstić information content (AvgIpc) is 3.00. The standard InChI is InChI=1S/C42H78/c1-4-7-10-13-16-19-22-25-28-31-35-40-37-34-38-41(36-32-29-26-23-20-17-14-11-8-5-2)42(40)39-33-30-27-24-21-18-15-12-9-6-3/h34,37-38H,4-33,35-36,39H2,1-3H3. The molecule has 0 fully saturated rings. The van der Waals surface area contributed by atoms with Crippen LogP contribution >= 0.6 is 0 Å². The lowest BCUT2D eigenvalue weighted by Gasteiger charge is -2.16. The molecule has 0 unspecified atom stereocenters. The number of rotatable bonds is 33. The van der Waals surface area contributed by atoms with Gasteiger partial charge in [-0.25, -0.2) is 0 Å². The second-order valence-corrected chi connectivity index (χ2v) is 13.9. The van der Waals surface area contributed by atoms with Gasteiger partial charge in [-0.1, -0.05) is 212 Å². The molecule has 0 radical (unpaired) electrons. The Labute approximate surface area is 267 Å². The summed E-state index contributed by atoms with van der Waals surface area (Å²) in [6.45, 7) is 6.95. The van der Waals surface area contributed by atoms with Crippen molar-refractivity contribution in [1.82, 2.24) is 0 Å². The molecule has 246 valence electrons. The molecule has 0 bridgehead atoms. The van der Waals surface area contributed by atoms with Crippen LogP contribution in [0.25, 0.3) is 0 Å². The second kappa shape index (κ2) is 31.6. The van der Waals surface area contributed by atoms with Crippen LogP contribution in [0.5, 0.6) is 0 Å². The Kier molecular flexibility index (Phi) is 29.6. The Balaban J connectivity index is 2.41. The van der Waals surface area contributed by atoms with Crippen molar-refractivity contribution in [2.75, 3.05) is 0 Å². The molecule has 0 aliphatic carbocycles. The number of aryl methyl sites for hydroxylation is 2. The van der Waals surface area contributed by atoms with Gasteiger partial charge in [-0.2, -0.15) is 0 Å². The van der Waals surface area contributed by atoms with Gasteiger partial charge in [0.05, 0.1) is 0 Å². The fourth-order valence-corrected chi connectivity index (χ4v) is 6.87. The first kappa shape index (κ1) is 39.2. The zero-order chi connectivity index (χ0) is 30.2. The Morgan fingerprint density at radius 1 is 0.286 bits per heavy atom. The summed E-state index contributed by atoms with van der Waals surface area (Å²) in [5, 5.41) is 0. The molecule has 0 saturated carbocycles. The number of unbranched alkanes of at least 4 members (excludes halogenated alkanes) is 27. The molecule has 0 nitrogen and oxygen atoms in total. The van der Waals surface area contributed by atoms with Gasteiger partial charge < -0.3 is 0 Å². The molecular formula is C42H78. The van der Waals surface area contributed by atoms with Crippen LogP contribution in [0.4, 0.5) is 0 Å². The van der Waals surface area contributed by atoms with E-state index in [2.05, 4.69) is 39.0 Å². The van der Waals surface area contributed by atoms with E-state index in [1.165, 1.54) is 212 Å². The normalized spacial score (nSPS) is 11.5. The van der Waals surface area contributed by atoms with Gasteiger partial charge in [0.2, 0.25) is 0 Å². The molecule has 1 aromatic carbocycles. The predicted octanol–water partition coefficient (Wildman–Crippen LogP) is 15.1. The lowest BCUT2D eigenvalue weighted by molar-refractivity contribution is 0.551. The molecule has 0 spiro atoms. The lowest BCUT2D eigenvalue weighted by atomic mass is 9.90. The van der Waals surface area contributed by atoms with Crippen molar-refractivity contribution in [3.63, 3.8) is 0 Å². The van der Waals surface area contributed by atoms with Crippen LogP contribution in [0, 0.1) is 0 Å². The van der Waals surface area contributed by atoms with E-state index in [0.717, 1.165) is 0 Å². The molecule has 0 heterocycles. The molecule has 0 aliphatic rings. The predicted molar refractivity (Wildman–Crippen MR) is 193 cm³/mol. The minimum Gasteiger partial charge on any atom is -0.0654 e. The largest absolute Gasteiger partial charge is 0.0654 e. The SMILES string of the molecule is CCCCCCCCCCCCc1cccc(CCCCCCCCCCCC)c1CCCCCCCCCCCC. The second-order valence-electron chi connectivity index (χ2n) is 13.9. The quantitative estimate of drug-likeness (QED) is 0.0723. The zero-order valence-electron chi connectivity index (χ0n) is 29.6. The molecule has 0 atom stereocenters. The van der Waals surface area contributed by atoms with Crippen LogP contribution in [0.1, 0.15) is 230 Å². The van der Waals surface area contributed by atoms with E-state index in [9.17, 15) is 0 Å². The van der Waals surface area contributed by atoms with E-state index in [-0.39, 0.29) is 0 Å². The Morgan fingerprint density at radius 2 is 0.524 bits per heavy atom. The van der Waals surface area contributed by atoms with Crippen molar-refractivity contribution in [1.29, 1.82) is 0 Å². The first-order valence-electron chi connectivity index (χ1n) is 19.9. The third-order valence-corrected chi connectivity index (χ3v) is 9.75. The van der Waals surface area contributed by atoms with E-state index in [4.69, 9.17) is 0 Å². The molecule has 0 aliphatic heterocycles. The van der Waals surface area contributed by atoms with Gasteiger partial charge in [-0.3, -0.25) is 0 Å². The molecule has 42 heavy (non-hydrogen) atoms. The highest BCUT2D eigenvalue weighted by Gasteiger charge is 2.09. The molecule has 0 saturated heterocycles. The summed E-state index contributed by atoms with van der Waals surface area (Å²) < 4.78 is 0. The van der Waals surface area contributed by atoms with Crippen LogP contribution in [0.2, 0.25) is 0 Å². The third-order valence-electron chi connectivity index (χ3n) is 9.75. The third kappa shape index (κ3) is 23.6. The highest BCUT2D eigenvalue weighted by atomic mass is 14.1. The highest BCUT2D eigenvalue weighted by Crippen LogP contribution is 2.24.